The van der Waals surface area contributed by atoms with Gasteiger partial charge in [-0.1, -0.05) is 24.3 Å². The van der Waals surface area contributed by atoms with Crippen LogP contribution in [0.5, 0.6) is 0 Å². The number of carbonyl (C=O) groups is 2. The van der Waals surface area contributed by atoms with Gasteiger partial charge in [0.05, 0.1) is 16.1 Å². The highest BCUT2D eigenvalue weighted by Crippen LogP contribution is 2.33. The Morgan fingerprint density at radius 2 is 1.96 bits per heavy atom. The number of carbonyl (C=O) groups excluding carboxylic acids is 2. The molecule has 28 heavy (non-hydrogen) atoms. The topological polar surface area (TPSA) is 90.0 Å². The van der Waals surface area contributed by atoms with E-state index in [1.165, 1.54) is 28.6 Å². The highest BCUT2D eigenvalue weighted by Gasteiger charge is 2.36. The Labute approximate surface area is 162 Å². The van der Waals surface area contributed by atoms with E-state index in [1.54, 1.807) is 19.1 Å². The summed E-state index contributed by atoms with van der Waals surface area (Å²) in [6, 6.07) is 13.0. The Morgan fingerprint density at radius 3 is 2.71 bits per heavy atom. The van der Waals surface area contributed by atoms with E-state index in [0.717, 1.165) is 5.56 Å². The predicted octanol–water partition coefficient (Wildman–Crippen LogP) is 2.30. The van der Waals surface area contributed by atoms with Gasteiger partial charge in [0.1, 0.15) is 6.10 Å². The van der Waals surface area contributed by atoms with Gasteiger partial charge in [-0.25, -0.2) is 18.0 Å². The monoisotopic (exact) mass is 401 g/mol. The van der Waals surface area contributed by atoms with Gasteiger partial charge in [0.25, 0.3) is 10.0 Å². The zero-order valence-corrected chi connectivity index (χ0v) is 16.0. The van der Waals surface area contributed by atoms with Crippen LogP contribution < -0.4 is 4.31 Å². The zero-order chi connectivity index (χ0) is 19.9. The summed E-state index contributed by atoms with van der Waals surface area (Å²) in [4.78, 5) is 24.1. The number of hydrogen-bond acceptors (Lipinski definition) is 6. The molecule has 0 radical (unpaired) electrons. The first-order valence-electron chi connectivity index (χ1n) is 8.98. The van der Waals surface area contributed by atoms with Crippen LogP contribution in [0.4, 0.5) is 5.69 Å². The van der Waals surface area contributed by atoms with Gasteiger partial charge in [-0.15, -0.1) is 0 Å². The first-order valence-corrected chi connectivity index (χ1v) is 10.4. The molecule has 2 aromatic carbocycles. The molecule has 8 heteroatoms. The number of anilines is 1. The lowest BCUT2D eigenvalue weighted by Crippen LogP contribution is -2.29. The van der Waals surface area contributed by atoms with E-state index in [0.29, 0.717) is 18.7 Å². The number of sulfonamides is 1. The average molecular weight is 401 g/mol. The van der Waals surface area contributed by atoms with Crippen LogP contribution in [0.1, 0.15) is 29.3 Å². The average Bonchev–Trinajstić information content (AvgIpc) is 3.25. The molecule has 1 fully saturated rings. The molecule has 2 aliphatic heterocycles. The van der Waals surface area contributed by atoms with Crippen LogP contribution >= 0.6 is 0 Å². The molecule has 0 N–H and O–H groups in total. The minimum Gasteiger partial charge on any atom is -0.460 e. The molecule has 2 aliphatic rings. The van der Waals surface area contributed by atoms with E-state index >= 15 is 0 Å². The van der Waals surface area contributed by atoms with Gasteiger partial charge in [0.15, 0.2) is 0 Å². The van der Waals surface area contributed by atoms with Crippen LogP contribution in [0.2, 0.25) is 0 Å². The molecule has 0 saturated carbocycles. The molecule has 0 aliphatic carbocycles. The van der Waals surface area contributed by atoms with E-state index in [4.69, 9.17) is 9.47 Å². The van der Waals surface area contributed by atoms with E-state index in [9.17, 15) is 18.0 Å². The van der Waals surface area contributed by atoms with Crippen molar-refractivity contribution >= 4 is 27.6 Å². The SMILES string of the molecule is C[C@@H]1C[C@@H](OC(=O)c2cccc(S(=O)(=O)N3CCc4ccccc43)c2)C(=O)O1. The van der Waals surface area contributed by atoms with Crippen LogP contribution in [0.25, 0.3) is 0 Å². The van der Waals surface area contributed by atoms with Gasteiger partial charge in [-0.3, -0.25) is 4.31 Å². The highest BCUT2D eigenvalue weighted by molar-refractivity contribution is 7.92. The second-order valence-corrected chi connectivity index (χ2v) is 8.72. The number of hydrogen-bond donors (Lipinski definition) is 0. The van der Waals surface area contributed by atoms with Gasteiger partial charge in [-0.2, -0.15) is 0 Å². The van der Waals surface area contributed by atoms with Crippen molar-refractivity contribution in [1.82, 2.24) is 0 Å². The molecular weight excluding hydrogens is 382 g/mol. The molecular formula is C20H19NO6S. The molecule has 4 rings (SSSR count). The summed E-state index contributed by atoms with van der Waals surface area (Å²) in [7, 11) is -3.82. The fourth-order valence-electron chi connectivity index (χ4n) is 3.48. The molecule has 0 amide bonds. The van der Waals surface area contributed by atoms with E-state index < -0.39 is 28.1 Å². The van der Waals surface area contributed by atoms with Gasteiger partial charge < -0.3 is 9.47 Å². The second kappa shape index (κ2) is 6.94. The largest absolute Gasteiger partial charge is 0.460 e. The van der Waals surface area contributed by atoms with Crippen LogP contribution in [-0.4, -0.2) is 39.1 Å². The van der Waals surface area contributed by atoms with Crippen molar-refractivity contribution in [3.05, 3.63) is 59.7 Å². The summed E-state index contributed by atoms with van der Waals surface area (Å²) >= 11 is 0. The fourth-order valence-corrected chi connectivity index (χ4v) is 5.03. The minimum atomic E-state index is -3.82. The molecule has 2 aromatic rings. The van der Waals surface area contributed by atoms with Crippen LogP contribution in [0.3, 0.4) is 0 Å². The van der Waals surface area contributed by atoms with Gasteiger partial charge in [0, 0.05) is 13.0 Å². The van der Waals surface area contributed by atoms with Crippen LogP contribution in [-0.2, 0) is 30.7 Å². The Balaban J connectivity index is 1.58. The summed E-state index contributed by atoms with van der Waals surface area (Å²) in [5.74, 6) is -1.34. The smallest absolute Gasteiger partial charge is 0.347 e. The molecule has 0 unspecified atom stereocenters. The number of rotatable bonds is 4. The lowest BCUT2D eigenvalue weighted by atomic mass is 10.2. The lowest BCUT2D eigenvalue weighted by Gasteiger charge is -2.20. The molecule has 0 spiro atoms. The first-order chi connectivity index (χ1) is 13.4. The van der Waals surface area contributed by atoms with E-state index in [-0.39, 0.29) is 23.0 Å². The molecule has 1 saturated heterocycles. The lowest BCUT2D eigenvalue weighted by molar-refractivity contribution is -0.147. The predicted molar refractivity (Wildman–Crippen MR) is 100 cm³/mol. The third-order valence-corrected chi connectivity index (χ3v) is 6.69. The van der Waals surface area contributed by atoms with E-state index in [1.807, 2.05) is 12.1 Å². The molecule has 2 atom stereocenters. The first kappa shape index (κ1) is 18.5. The van der Waals surface area contributed by atoms with E-state index in [2.05, 4.69) is 0 Å². The molecule has 7 nitrogen and oxygen atoms in total. The standard InChI is InChI=1S/C20H19NO6S/c1-13-11-18(20(23)26-13)27-19(22)15-6-4-7-16(12-15)28(24,25)21-10-9-14-5-2-3-8-17(14)21/h2-8,12-13,18H,9-11H2,1H3/t13-,18-/m1/s1. The van der Waals surface area contributed by atoms with Crippen molar-refractivity contribution in [1.29, 1.82) is 0 Å². The zero-order valence-electron chi connectivity index (χ0n) is 15.2. The number of ether oxygens (including phenoxy) is 2. The highest BCUT2D eigenvalue weighted by atomic mass is 32.2. The third kappa shape index (κ3) is 3.24. The van der Waals surface area contributed by atoms with Crippen molar-refractivity contribution in [2.24, 2.45) is 0 Å². The maximum atomic E-state index is 13.1. The maximum Gasteiger partial charge on any atom is 0.347 e. The minimum absolute atomic E-state index is 0.000944. The van der Waals surface area contributed by atoms with Gasteiger partial charge in [0.2, 0.25) is 6.10 Å². The number of para-hydroxylation sites is 1. The third-order valence-electron chi connectivity index (χ3n) is 4.88. The van der Waals surface area contributed by atoms with Crippen molar-refractivity contribution < 1.29 is 27.5 Å². The summed E-state index contributed by atoms with van der Waals surface area (Å²) in [5, 5.41) is 0. The summed E-state index contributed by atoms with van der Waals surface area (Å²) in [6.45, 7) is 2.06. The van der Waals surface area contributed by atoms with Crippen molar-refractivity contribution in [3.8, 4) is 0 Å². The van der Waals surface area contributed by atoms with Crippen molar-refractivity contribution in [2.45, 2.75) is 36.9 Å². The second-order valence-electron chi connectivity index (χ2n) is 6.86. The fraction of sp³-hybridized carbons (Fsp3) is 0.300. The number of cyclic esters (lactones) is 1. The Morgan fingerprint density at radius 1 is 1.18 bits per heavy atom. The molecule has 146 valence electrons. The Bertz CT molecular complexity index is 1050. The number of esters is 2. The van der Waals surface area contributed by atoms with Crippen molar-refractivity contribution in [3.63, 3.8) is 0 Å². The maximum absolute atomic E-state index is 13.1. The number of fused-ring (bicyclic) bond motifs is 1. The Hall–Kier alpha value is -2.87. The molecule has 0 aromatic heterocycles. The van der Waals surface area contributed by atoms with Crippen LogP contribution in [0, 0.1) is 0 Å². The number of nitrogens with zero attached hydrogens (tertiary/aromatic N) is 1. The van der Waals surface area contributed by atoms with Gasteiger partial charge >= 0.3 is 11.9 Å². The molecule has 2 heterocycles. The number of benzene rings is 2. The summed E-state index contributed by atoms with van der Waals surface area (Å²) in [5.41, 5.74) is 1.69. The quantitative estimate of drug-likeness (QED) is 0.731. The summed E-state index contributed by atoms with van der Waals surface area (Å²) < 4.78 is 37.8. The summed E-state index contributed by atoms with van der Waals surface area (Å²) in [6.07, 6.45) is -0.354. The van der Waals surface area contributed by atoms with Gasteiger partial charge in [-0.05, 0) is 43.2 Å². The van der Waals surface area contributed by atoms with Crippen molar-refractivity contribution in [2.75, 3.05) is 10.8 Å². The molecule has 0 bridgehead atoms. The Kier molecular flexibility index (Phi) is 4.58. The van der Waals surface area contributed by atoms with Crippen LogP contribution in [0.15, 0.2) is 53.4 Å². The normalized spacial score (nSPS) is 21.3.